The molecule has 5 aromatic carbocycles. The number of guanidine groups is 2. The van der Waals surface area contributed by atoms with E-state index in [1.807, 2.05) is 30.3 Å². The van der Waals surface area contributed by atoms with E-state index in [0.29, 0.717) is 39.2 Å². The van der Waals surface area contributed by atoms with Crippen molar-refractivity contribution >= 4 is 45.4 Å². The van der Waals surface area contributed by atoms with Crippen LogP contribution < -0.4 is 17.2 Å². The smallest absolute Gasteiger partial charge is 0.339 e. The summed E-state index contributed by atoms with van der Waals surface area (Å²) in [6.07, 6.45) is 0.780. The molecule has 10 N–H and O–H groups in total. The van der Waals surface area contributed by atoms with Gasteiger partial charge in [-0.3, -0.25) is 4.99 Å². The third kappa shape index (κ3) is 7.21. The number of aromatic hydroxyl groups is 2. The Hall–Kier alpha value is -6.10. The second-order valence-electron chi connectivity index (χ2n) is 9.74. The summed E-state index contributed by atoms with van der Waals surface area (Å²) in [7, 11) is 0. The highest BCUT2D eigenvalue weighted by atomic mass is 16.4. The molecule has 0 aliphatic heterocycles. The molecule has 0 bridgehead atoms. The molecule has 0 saturated heterocycles. The van der Waals surface area contributed by atoms with Crippen LogP contribution in [0.4, 0.5) is 0 Å². The average Bonchev–Trinajstić information content (AvgIpc) is 2.99. The van der Waals surface area contributed by atoms with E-state index < -0.39 is 23.4 Å². The van der Waals surface area contributed by atoms with Gasteiger partial charge in [0.25, 0.3) is 0 Å². The number of nitrogens with zero attached hydrogens (tertiary/aromatic N) is 2. The molecule has 0 aliphatic rings. The van der Waals surface area contributed by atoms with Crippen molar-refractivity contribution in [1.82, 2.24) is 0 Å². The third-order valence-electron chi connectivity index (χ3n) is 6.83. The van der Waals surface area contributed by atoms with E-state index in [4.69, 9.17) is 17.2 Å². The van der Waals surface area contributed by atoms with Gasteiger partial charge in [0.15, 0.2) is 5.96 Å². The molecule has 0 saturated carbocycles. The van der Waals surface area contributed by atoms with Crippen LogP contribution in [-0.2, 0) is 12.8 Å². The van der Waals surface area contributed by atoms with E-state index in [2.05, 4.69) is 9.98 Å². The monoisotopic (exact) mass is 593 g/mol. The van der Waals surface area contributed by atoms with E-state index in [-0.39, 0.29) is 29.5 Å². The first-order valence-electron chi connectivity index (χ1n) is 13.4. The molecule has 0 aromatic heterocycles. The molecule has 0 aliphatic carbocycles. The highest BCUT2D eigenvalue weighted by Gasteiger charge is 2.22. The lowest BCUT2D eigenvalue weighted by molar-refractivity contribution is 0.0682. The van der Waals surface area contributed by atoms with Gasteiger partial charge in [-0.1, -0.05) is 78.9 Å². The minimum atomic E-state index is -1.28. The fourth-order valence-electron chi connectivity index (χ4n) is 4.80. The first-order valence-corrected chi connectivity index (χ1v) is 13.4. The second-order valence-corrected chi connectivity index (χ2v) is 9.74. The highest BCUT2D eigenvalue weighted by Crippen LogP contribution is 2.38. The first kappa shape index (κ1) is 30.8. The van der Waals surface area contributed by atoms with Gasteiger partial charge < -0.3 is 37.6 Å². The maximum Gasteiger partial charge on any atom is 0.339 e. The number of aliphatic imine (C=N–C) groups is 2. The lowest BCUT2D eigenvalue weighted by Gasteiger charge is -2.16. The second kappa shape index (κ2) is 13.7. The number of carboxylic acid groups (broad SMARTS) is 2. The largest absolute Gasteiger partial charge is 0.507 e. The first-order chi connectivity index (χ1) is 21.1. The predicted octanol–water partition coefficient (Wildman–Crippen LogP) is 4.21. The Morgan fingerprint density at radius 3 is 1.57 bits per heavy atom. The van der Waals surface area contributed by atoms with E-state index in [1.165, 1.54) is 17.7 Å². The van der Waals surface area contributed by atoms with Crippen molar-refractivity contribution in [3.05, 3.63) is 119 Å². The summed E-state index contributed by atoms with van der Waals surface area (Å²) in [5, 5.41) is 42.8. The van der Waals surface area contributed by atoms with Crippen molar-refractivity contribution in [2.45, 2.75) is 12.8 Å². The number of carbonyl (C=O) groups is 2. The van der Waals surface area contributed by atoms with Crippen LogP contribution >= 0.6 is 0 Å². The van der Waals surface area contributed by atoms with Crippen LogP contribution in [-0.4, -0.2) is 50.8 Å². The number of fused-ring (bicyclic) bond motifs is 2. The van der Waals surface area contributed by atoms with Crippen LogP contribution in [0.25, 0.3) is 21.5 Å². The molecule has 0 heterocycles. The van der Waals surface area contributed by atoms with Crippen LogP contribution in [0.1, 0.15) is 37.4 Å². The van der Waals surface area contributed by atoms with Crippen molar-refractivity contribution in [1.29, 1.82) is 0 Å². The maximum absolute atomic E-state index is 11.6. The van der Waals surface area contributed by atoms with Gasteiger partial charge >= 0.3 is 11.9 Å². The van der Waals surface area contributed by atoms with E-state index in [0.717, 1.165) is 6.42 Å². The lowest BCUT2D eigenvalue weighted by atomic mass is 9.90. The molecule has 0 atom stereocenters. The fraction of sp³-hybridized carbons (Fsp3) is 0.0909. The van der Waals surface area contributed by atoms with Gasteiger partial charge in [0.2, 0.25) is 5.96 Å². The Morgan fingerprint density at radius 1 is 0.659 bits per heavy atom. The topological polar surface area (TPSA) is 218 Å². The van der Waals surface area contributed by atoms with Crippen LogP contribution in [0.3, 0.4) is 0 Å². The number of benzene rings is 5. The van der Waals surface area contributed by atoms with Gasteiger partial charge in [-0.25, -0.2) is 9.59 Å². The molecule has 0 amide bonds. The minimum absolute atomic E-state index is 0.0407. The van der Waals surface area contributed by atoms with Crippen LogP contribution in [0, 0.1) is 0 Å². The molecule has 0 unspecified atom stereocenters. The van der Waals surface area contributed by atoms with Gasteiger partial charge in [0, 0.05) is 24.1 Å². The molecule has 11 nitrogen and oxygen atoms in total. The molecule has 5 rings (SSSR count). The summed E-state index contributed by atoms with van der Waals surface area (Å²) in [6, 6.07) is 26.8. The molecular formula is C33H31N5O6. The number of hydrogen-bond donors (Lipinski definition) is 7. The van der Waals surface area contributed by atoms with Crippen molar-refractivity contribution in [2.24, 2.45) is 27.2 Å². The quantitative estimate of drug-likeness (QED) is 0.106. The number of carboxylic acids is 2. The van der Waals surface area contributed by atoms with Gasteiger partial charge in [-0.2, -0.15) is 4.99 Å². The van der Waals surface area contributed by atoms with Gasteiger partial charge in [0.05, 0.1) is 0 Å². The number of aromatic carboxylic acids is 2. The maximum atomic E-state index is 11.6. The zero-order valence-electron chi connectivity index (χ0n) is 23.5. The Labute approximate surface area is 252 Å². The molecule has 44 heavy (non-hydrogen) atoms. The molecule has 0 fully saturated rings. The number of rotatable bonds is 7. The molecular weight excluding hydrogens is 562 g/mol. The van der Waals surface area contributed by atoms with Crippen LogP contribution in [0.15, 0.2) is 101 Å². The summed E-state index contributed by atoms with van der Waals surface area (Å²) in [5.41, 5.74) is 17.0. The third-order valence-corrected chi connectivity index (χ3v) is 6.83. The average molecular weight is 594 g/mol. The van der Waals surface area contributed by atoms with Gasteiger partial charge in [-0.05, 0) is 45.7 Å². The molecule has 11 heteroatoms. The lowest BCUT2D eigenvalue weighted by Crippen LogP contribution is -2.26. The Balaban J connectivity index is 0.000000249. The predicted molar refractivity (Wildman–Crippen MR) is 170 cm³/mol. The van der Waals surface area contributed by atoms with Gasteiger partial charge in [0.1, 0.15) is 22.6 Å². The van der Waals surface area contributed by atoms with E-state index >= 15 is 0 Å². The van der Waals surface area contributed by atoms with Gasteiger partial charge in [-0.15, -0.1) is 0 Å². The van der Waals surface area contributed by atoms with Crippen LogP contribution in [0.5, 0.6) is 11.5 Å². The fourth-order valence-corrected chi connectivity index (χ4v) is 4.80. The molecule has 224 valence electrons. The molecule has 0 radical (unpaired) electrons. The molecule has 5 aromatic rings. The Bertz CT molecular complexity index is 1800. The SMILES string of the molecule is NC(N)=NC(N)=NCCc1ccccc1.O=C(O)c1cc2ccccc2c(Cc2c(O)c(C(=O)O)cc3ccccc23)c1O. The van der Waals surface area contributed by atoms with E-state index in [9.17, 15) is 30.0 Å². The van der Waals surface area contributed by atoms with Crippen molar-refractivity contribution in [3.8, 4) is 11.5 Å². The zero-order chi connectivity index (χ0) is 31.8. The number of phenols is 2. The number of hydrogen-bond acceptors (Lipinski definition) is 5. The summed E-state index contributed by atoms with van der Waals surface area (Å²) >= 11 is 0. The minimum Gasteiger partial charge on any atom is -0.507 e. The number of nitrogens with two attached hydrogens (primary N) is 3. The van der Waals surface area contributed by atoms with E-state index in [1.54, 1.807) is 48.5 Å². The molecule has 0 spiro atoms. The highest BCUT2D eigenvalue weighted by molar-refractivity contribution is 6.02. The summed E-state index contributed by atoms with van der Waals surface area (Å²) in [5.74, 6) is -3.31. The standard InChI is InChI=1S/C23H16O6.C10H15N5/c24-20-16(14-7-3-1-5-12(14)9-18(20)22(26)27)11-17-15-8-4-2-6-13(15)10-19(21(17)25)23(28)29;11-9(12)15-10(13)14-7-6-8-4-2-1-3-5-8/h1-10,24-25H,11H2,(H,26,27)(H,28,29);1-5H,6-7H2,(H6,11,12,13,14,15). The zero-order valence-corrected chi connectivity index (χ0v) is 23.5. The van der Waals surface area contributed by atoms with Crippen molar-refractivity contribution in [2.75, 3.05) is 6.54 Å². The van der Waals surface area contributed by atoms with Crippen LogP contribution in [0.2, 0.25) is 0 Å². The summed E-state index contributed by atoms with van der Waals surface area (Å²) in [4.78, 5) is 30.8. The Kier molecular flexibility index (Phi) is 9.61. The van der Waals surface area contributed by atoms with Crippen molar-refractivity contribution in [3.63, 3.8) is 0 Å². The Morgan fingerprint density at radius 2 is 1.11 bits per heavy atom. The van der Waals surface area contributed by atoms with Crippen molar-refractivity contribution < 1.29 is 30.0 Å². The normalized spacial score (nSPS) is 11.0. The summed E-state index contributed by atoms with van der Waals surface area (Å²) in [6.45, 7) is 0.576. The summed E-state index contributed by atoms with van der Waals surface area (Å²) < 4.78 is 0.